The highest BCUT2D eigenvalue weighted by Gasteiger charge is 1.96. The normalized spacial score (nSPS) is 10.2. The number of allylic oxidation sites excluding steroid dienone is 1. The molecule has 0 aromatic rings. The van der Waals surface area contributed by atoms with Gasteiger partial charge in [0.25, 0.3) is 0 Å². The van der Waals surface area contributed by atoms with Crippen LogP contribution in [0.5, 0.6) is 0 Å². The molecule has 0 saturated heterocycles. The van der Waals surface area contributed by atoms with Gasteiger partial charge in [-0.1, -0.05) is 32.4 Å². The lowest BCUT2D eigenvalue weighted by Gasteiger charge is -2.05. The minimum Gasteiger partial charge on any atom is -0.303 e. The van der Waals surface area contributed by atoms with E-state index in [4.69, 9.17) is 0 Å². The first-order chi connectivity index (χ1) is 5.66. The number of aldehydes is 1. The molecule has 0 bridgehead atoms. The van der Waals surface area contributed by atoms with E-state index in [0.717, 1.165) is 25.0 Å². The highest BCUT2D eigenvalue weighted by atomic mass is 16.2. The summed E-state index contributed by atoms with van der Waals surface area (Å²) in [5.74, 6) is 0.781. The van der Waals surface area contributed by atoms with E-state index in [1.54, 1.807) is 0 Å². The molecule has 0 rings (SSSR count). The second kappa shape index (κ2) is 7.08. The zero-order chi connectivity index (χ0) is 9.40. The van der Waals surface area contributed by atoms with Crippen molar-refractivity contribution in [3.63, 3.8) is 0 Å². The molecule has 1 nitrogen and oxygen atoms in total. The summed E-state index contributed by atoms with van der Waals surface area (Å²) >= 11 is 0. The lowest BCUT2D eigenvalue weighted by Crippen LogP contribution is -1.89. The molecule has 0 aliphatic carbocycles. The number of hydrogen-bond acceptors (Lipinski definition) is 1. The summed E-state index contributed by atoms with van der Waals surface area (Å²) in [5, 5.41) is 0. The predicted molar refractivity (Wildman–Crippen MR) is 53.1 cm³/mol. The maximum atomic E-state index is 10.1. The Bertz CT molecular complexity index is 136. The molecule has 0 unspecified atom stereocenters. The van der Waals surface area contributed by atoms with Gasteiger partial charge in [-0.2, -0.15) is 0 Å². The largest absolute Gasteiger partial charge is 0.303 e. The maximum absolute atomic E-state index is 10.1. The summed E-state index contributed by atoms with van der Waals surface area (Å²) in [6.07, 6.45) is 6.05. The fourth-order valence-corrected chi connectivity index (χ4v) is 1.15. The van der Waals surface area contributed by atoms with E-state index < -0.39 is 0 Å². The summed E-state index contributed by atoms with van der Waals surface area (Å²) in [5.41, 5.74) is 1.22. The Labute approximate surface area is 75.9 Å². The molecule has 0 atom stereocenters. The van der Waals surface area contributed by atoms with Gasteiger partial charge in [0.1, 0.15) is 6.29 Å². The monoisotopic (exact) mass is 169 g/mol. The SMILES string of the molecule is C=C(CCCC(C)C)CC[13CH]=O. The highest BCUT2D eigenvalue weighted by molar-refractivity contribution is 5.49. The summed E-state index contributed by atoms with van der Waals surface area (Å²) in [6.45, 7) is 8.39. The van der Waals surface area contributed by atoms with Gasteiger partial charge in [-0.05, 0) is 25.2 Å². The van der Waals surface area contributed by atoms with Crippen molar-refractivity contribution in [3.05, 3.63) is 12.2 Å². The first-order valence-corrected chi connectivity index (χ1v) is 4.77. The molecule has 0 aromatic carbocycles. The number of hydrogen-bond donors (Lipinski definition) is 0. The molecule has 0 N–H and O–H groups in total. The zero-order valence-electron chi connectivity index (χ0n) is 8.31. The van der Waals surface area contributed by atoms with Crippen LogP contribution in [0.15, 0.2) is 12.2 Å². The van der Waals surface area contributed by atoms with E-state index in [2.05, 4.69) is 20.4 Å². The van der Waals surface area contributed by atoms with Crippen LogP contribution in [0.3, 0.4) is 0 Å². The molecule has 0 radical (unpaired) electrons. The number of carbonyl (C=O) groups excluding carboxylic acids is 1. The third kappa shape index (κ3) is 7.52. The standard InChI is InChI=1S/C11H20O/c1-10(2)6-4-7-11(3)8-5-9-12/h9-10H,3-8H2,1-2H3/i9+1. The van der Waals surface area contributed by atoms with Crippen molar-refractivity contribution in [1.82, 2.24) is 0 Å². The fraction of sp³-hybridized carbons (Fsp3) is 0.727. The van der Waals surface area contributed by atoms with Crippen molar-refractivity contribution < 1.29 is 4.79 Å². The molecule has 0 heterocycles. The molecule has 0 spiro atoms. The lowest BCUT2D eigenvalue weighted by molar-refractivity contribution is -0.107. The lowest BCUT2D eigenvalue weighted by atomic mass is 10.0. The van der Waals surface area contributed by atoms with Crippen molar-refractivity contribution in [2.75, 3.05) is 0 Å². The van der Waals surface area contributed by atoms with Crippen LogP contribution in [0.2, 0.25) is 0 Å². The van der Waals surface area contributed by atoms with Gasteiger partial charge in [-0.25, -0.2) is 0 Å². The number of carbonyl (C=O) groups is 1. The molecule has 70 valence electrons. The molecule has 0 aliphatic rings. The van der Waals surface area contributed by atoms with Crippen LogP contribution >= 0.6 is 0 Å². The van der Waals surface area contributed by atoms with Crippen LogP contribution < -0.4 is 0 Å². The van der Waals surface area contributed by atoms with Gasteiger partial charge in [0, 0.05) is 6.42 Å². The van der Waals surface area contributed by atoms with Gasteiger partial charge in [0.05, 0.1) is 0 Å². The summed E-state index contributed by atoms with van der Waals surface area (Å²) in [6, 6.07) is 0. The molecule has 0 amide bonds. The topological polar surface area (TPSA) is 17.1 Å². The summed E-state index contributed by atoms with van der Waals surface area (Å²) < 4.78 is 0. The molecular weight excluding hydrogens is 149 g/mol. The van der Waals surface area contributed by atoms with Gasteiger partial charge in [0.15, 0.2) is 0 Å². The Kier molecular flexibility index (Phi) is 6.73. The Hall–Kier alpha value is -0.590. The predicted octanol–water partition coefficient (Wildman–Crippen LogP) is 3.35. The second-order valence-electron chi connectivity index (χ2n) is 3.74. The molecular formula is C11H20O. The van der Waals surface area contributed by atoms with Crippen LogP contribution in [-0.4, -0.2) is 6.29 Å². The molecule has 0 saturated carbocycles. The quantitative estimate of drug-likeness (QED) is 0.324. The molecule has 12 heavy (non-hydrogen) atoms. The molecule has 0 aliphatic heterocycles. The minimum atomic E-state index is 0.639. The Morgan fingerprint density at radius 3 is 2.58 bits per heavy atom. The van der Waals surface area contributed by atoms with E-state index in [1.165, 1.54) is 18.4 Å². The van der Waals surface area contributed by atoms with E-state index >= 15 is 0 Å². The Morgan fingerprint density at radius 1 is 1.42 bits per heavy atom. The van der Waals surface area contributed by atoms with Gasteiger partial charge < -0.3 is 4.79 Å². The third-order valence-electron chi connectivity index (χ3n) is 1.93. The van der Waals surface area contributed by atoms with E-state index in [1.807, 2.05) is 0 Å². The summed E-state index contributed by atoms with van der Waals surface area (Å²) in [4.78, 5) is 10.1. The number of rotatable bonds is 7. The first-order valence-electron chi connectivity index (χ1n) is 4.77. The van der Waals surface area contributed by atoms with Crippen molar-refractivity contribution in [1.29, 1.82) is 0 Å². The van der Waals surface area contributed by atoms with Crippen LogP contribution in [0.4, 0.5) is 0 Å². The zero-order valence-corrected chi connectivity index (χ0v) is 8.31. The van der Waals surface area contributed by atoms with Gasteiger partial charge >= 0.3 is 0 Å². The van der Waals surface area contributed by atoms with Crippen LogP contribution in [-0.2, 0) is 4.79 Å². The molecule has 0 fully saturated rings. The van der Waals surface area contributed by atoms with Gasteiger partial charge in [-0.3, -0.25) is 0 Å². The smallest absolute Gasteiger partial charge is 0.120 e. The Morgan fingerprint density at radius 2 is 2.08 bits per heavy atom. The van der Waals surface area contributed by atoms with Crippen molar-refractivity contribution >= 4 is 6.29 Å². The maximum Gasteiger partial charge on any atom is 0.120 e. The summed E-state index contributed by atoms with van der Waals surface area (Å²) in [7, 11) is 0. The average molecular weight is 169 g/mol. The van der Waals surface area contributed by atoms with E-state index in [9.17, 15) is 4.79 Å². The fourth-order valence-electron chi connectivity index (χ4n) is 1.15. The van der Waals surface area contributed by atoms with Crippen LogP contribution in [0, 0.1) is 5.92 Å². The van der Waals surface area contributed by atoms with Crippen LogP contribution in [0.1, 0.15) is 46.0 Å². The first kappa shape index (κ1) is 11.4. The highest BCUT2D eigenvalue weighted by Crippen LogP contribution is 2.13. The average Bonchev–Trinajstić information content (AvgIpc) is 2.00. The second-order valence-corrected chi connectivity index (χ2v) is 3.74. The minimum absolute atomic E-state index is 0.639. The van der Waals surface area contributed by atoms with Gasteiger partial charge in [-0.15, -0.1) is 0 Å². The van der Waals surface area contributed by atoms with Crippen molar-refractivity contribution in [3.8, 4) is 0 Å². The Balaban J connectivity index is 3.25. The molecule has 0 aromatic heterocycles. The van der Waals surface area contributed by atoms with Crippen LogP contribution in [0.25, 0.3) is 0 Å². The van der Waals surface area contributed by atoms with E-state index in [0.29, 0.717) is 6.42 Å². The van der Waals surface area contributed by atoms with Crippen molar-refractivity contribution in [2.24, 2.45) is 5.92 Å². The molecule has 1 heteroatoms. The van der Waals surface area contributed by atoms with Gasteiger partial charge in [0.2, 0.25) is 0 Å². The third-order valence-corrected chi connectivity index (χ3v) is 1.93. The van der Waals surface area contributed by atoms with E-state index in [-0.39, 0.29) is 0 Å². The van der Waals surface area contributed by atoms with Crippen molar-refractivity contribution in [2.45, 2.75) is 46.0 Å².